The molecule has 40 heavy (non-hydrogen) atoms. The zero-order valence-corrected chi connectivity index (χ0v) is 24.7. The molecule has 8 nitrogen and oxygen atoms in total. The summed E-state index contributed by atoms with van der Waals surface area (Å²) in [7, 11) is -1.16. The van der Waals surface area contributed by atoms with Crippen LogP contribution >= 0.6 is 0 Å². The molecule has 1 unspecified atom stereocenters. The van der Waals surface area contributed by atoms with Crippen molar-refractivity contribution in [3.05, 3.63) is 77.9 Å². The van der Waals surface area contributed by atoms with Gasteiger partial charge in [-0.05, 0) is 74.6 Å². The van der Waals surface area contributed by atoms with Crippen LogP contribution in [0.1, 0.15) is 43.9 Å². The number of benzene rings is 3. The van der Waals surface area contributed by atoms with E-state index in [1.54, 1.807) is 30.3 Å². The number of aryl methyl sites for hydroxylation is 1. The first-order chi connectivity index (χ1) is 19.1. The molecule has 0 spiro atoms. The highest BCUT2D eigenvalue weighted by Crippen LogP contribution is 2.36. The third kappa shape index (κ3) is 6.70. The SMILES string of the molecule is COc1ccc(OC)c(N(CC(=O)NC(C)c2ccc(N3CCC(C)CC3)cc2)S(=O)(=O)c2ccc(C)cc2)c1. The van der Waals surface area contributed by atoms with Crippen molar-refractivity contribution in [3.63, 3.8) is 0 Å². The van der Waals surface area contributed by atoms with E-state index in [-0.39, 0.29) is 16.6 Å². The topological polar surface area (TPSA) is 88.2 Å². The molecular formula is C31H39N3O5S. The van der Waals surface area contributed by atoms with E-state index in [4.69, 9.17) is 9.47 Å². The van der Waals surface area contributed by atoms with Gasteiger partial charge in [0.2, 0.25) is 5.91 Å². The lowest BCUT2D eigenvalue weighted by molar-refractivity contribution is -0.120. The molecule has 4 rings (SSSR count). The van der Waals surface area contributed by atoms with E-state index in [0.29, 0.717) is 11.5 Å². The Balaban J connectivity index is 1.56. The largest absolute Gasteiger partial charge is 0.497 e. The normalized spacial score (nSPS) is 14.9. The van der Waals surface area contributed by atoms with Crippen molar-refractivity contribution in [2.45, 2.75) is 44.6 Å². The predicted octanol–water partition coefficient (Wildman–Crippen LogP) is 5.32. The molecule has 1 atom stereocenters. The number of piperidine rings is 1. The fourth-order valence-corrected chi connectivity index (χ4v) is 6.29. The second kappa shape index (κ2) is 12.6. The maximum Gasteiger partial charge on any atom is 0.264 e. The van der Waals surface area contributed by atoms with Crippen LogP contribution in [0.5, 0.6) is 11.5 Å². The fourth-order valence-electron chi connectivity index (χ4n) is 4.87. The van der Waals surface area contributed by atoms with Crippen molar-refractivity contribution >= 4 is 27.3 Å². The Morgan fingerprint density at radius 3 is 2.25 bits per heavy atom. The standard InChI is InChI=1S/C31H39N3O5S/c1-22-6-13-28(14-7-22)40(36,37)34(29-20-27(38-4)12-15-30(29)39-5)21-31(35)32-24(3)25-8-10-26(11-9-25)33-18-16-23(2)17-19-33/h6-15,20,23-24H,16-19,21H2,1-5H3,(H,32,35). The van der Waals surface area contributed by atoms with E-state index < -0.39 is 22.5 Å². The number of anilines is 2. The number of methoxy groups -OCH3 is 2. The number of sulfonamides is 1. The maximum absolute atomic E-state index is 13.9. The summed E-state index contributed by atoms with van der Waals surface area (Å²) >= 11 is 0. The summed E-state index contributed by atoms with van der Waals surface area (Å²) in [6.07, 6.45) is 2.38. The first kappa shape index (κ1) is 29.3. The number of hydrogen-bond donors (Lipinski definition) is 1. The minimum atomic E-state index is -4.11. The quantitative estimate of drug-likeness (QED) is 0.358. The van der Waals surface area contributed by atoms with Gasteiger partial charge in [-0.15, -0.1) is 0 Å². The maximum atomic E-state index is 13.9. The lowest BCUT2D eigenvalue weighted by Crippen LogP contribution is -2.41. The average molecular weight is 566 g/mol. The smallest absolute Gasteiger partial charge is 0.264 e. The van der Waals surface area contributed by atoms with Gasteiger partial charge < -0.3 is 19.7 Å². The van der Waals surface area contributed by atoms with E-state index in [0.717, 1.165) is 34.4 Å². The van der Waals surface area contributed by atoms with Crippen molar-refractivity contribution in [1.29, 1.82) is 0 Å². The van der Waals surface area contributed by atoms with Gasteiger partial charge in [-0.2, -0.15) is 0 Å². The molecule has 1 heterocycles. The number of rotatable bonds is 10. The predicted molar refractivity (Wildman–Crippen MR) is 159 cm³/mol. The highest BCUT2D eigenvalue weighted by molar-refractivity contribution is 7.92. The van der Waals surface area contributed by atoms with Crippen LogP contribution in [0.3, 0.4) is 0 Å². The zero-order valence-electron chi connectivity index (χ0n) is 23.9. The first-order valence-corrected chi connectivity index (χ1v) is 15.0. The highest BCUT2D eigenvalue weighted by Gasteiger charge is 2.30. The van der Waals surface area contributed by atoms with Gasteiger partial charge >= 0.3 is 0 Å². The lowest BCUT2D eigenvalue weighted by Gasteiger charge is -2.32. The van der Waals surface area contributed by atoms with Gasteiger partial charge in [0.15, 0.2) is 0 Å². The van der Waals surface area contributed by atoms with Gasteiger partial charge in [0.25, 0.3) is 10.0 Å². The number of carbonyl (C=O) groups excluding carboxylic acids is 1. The Bertz CT molecular complexity index is 1400. The van der Waals surface area contributed by atoms with Crippen LogP contribution in [0.4, 0.5) is 11.4 Å². The molecule has 3 aromatic rings. The summed E-state index contributed by atoms with van der Waals surface area (Å²) in [6, 6.07) is 19.3. The van der Waals surface area contributed by atoms with E-state index in [9.17, 15) is 13.2 Å². The third-order valence-electron chi connectivity index (χ3n) is 7.47. The molecule has 1 fully saturated rings. The summed E-state index contributed by atoms with van der Waals surface area (Å²) in [5.74, 6) is 1.07. The molecule has 0 radical (unpaired) electrons. The average Bonchev–Trinajstić information content (AvgIpc) is 2.96. The van der Waals surface area contributed by atoms with Gasteiger partial charge in [0.1, 0.15) is 18.0 Å². The Morgan fingerprint density at radius 2 is 1.65 bits per heavy atom. The number of nitrogens with zero attached hydrogens (tertiary/aromatic N) is 2. The van der Waals surface area contributed by atoms with Crippen molar-refractivity contribution in [3.8, 4) is 11.5 Å². The van der Waals surface area contributed by atoms with Crippen LogP contribution in [0.2, 0.25) is 0 Å². The second-order valence-electron chi connectivity index (χ2n) is 10.4. The second-order valence-corrected chi connectivity index (χ2v) is 12.3. The van der Waals surface area contributed by atoms with Crippen LogP contribution in [-0.2, 0) is 14.8 Å². The molecule has 0 bridgehead atoms. The third-order valence-corrected chi connectivity index (χ3v) is 9.24. The van der Waals surface area contributed by atoms with Crippen LogP contribution in [-0.4, -0.2) is 48.2 Å². The minimum absolute atomic E-state index is 0.0755. The summed E-state index contributed by atoms with van der Waals surface area (Å²) < 4.78 is 39.6. The fraction of sp³-hybridized carbons (Fsp3) is 0.387. The molecule has 3 aromatic carbocycles. The number of ether oxygens (including phenoxy) is 2. The zero-order chi connectivity index (χ0) is 28.9. The summed E-state index contributed by atoms with van der Waals surface area (Å²) in [4.78, 5) is 15.8. The van der Waals surface area contributed by atoms with Gasteiger partial charge in [0, 0.05) is 24.8 Å². The van der Waals surface area contributed by atoms with Gasteiger partial charge in [-0.3, -0.25) is 9.10 Å². The van der Waals surface area contributed by atoms with Crippen molar-refractivity contribution in [2.75, 3.05) is 43.1 Å². The molecule has 0 saturated carbocycles. The van der Waals surface area contributed by atoms with E-state index in [1.807, 2.05) is 26.0 Å². The molecule has 1 amide bonds. The monoisotopic (exact) mass is 565 g/mol. The summed E-state index contributed by atoms with van der Waals surface area (Å²) in [6.45, 7) is 7.72. The van der Waals surface area contributed by atoms with Crippen molar-refractivity contribution in [2.24, 2.45) is 5.92 Å². The molecule has 0 aromatic heterocycles. The molecule has 0 aliphatic carbocycles. The number of carbonyl (C=O) groups is 1. The van der Waals surface area contributed by atoms with E-state index in [2.05, 4.69) is 29.3 Å². The molecule has 1 aliphatic heterocycles. The number of amides is 1. The highest BCUT2D eigenvalue weighted by atomic mass is 32.2. The molecule has 214 valence electrons. The van der Waals surface area contributed by atoms with Gasteiger partial charge in [0.05, 0.1) is 30.8 Å². The first-order valence-electron chi connectivity index (χ1n) is 13.6. The Hall–Kier alpha value is -3.72. The summed E-state index contributed by atoms with van der Waals surface area (Å²) in [5.41, 5.74) is 3.26. The van der Waals surface area contributed by atoms with Crippen LogP contribution in [0.15, 0.2) is 71.6 Å². The van der Waals surface area contributed by atoms with Crippen molar-refractivity contribution < 1.29 is 22.7 Å². The van der Waals surface area contributed by atoms with Crippen LogP contribution in [0.25, 0.3) is 0 Å². The molecule has 1 N–H and O–H groups in total. The Labute approximate surface area is 238 Å². The Morgan fingerprint density at radius 1 is 1.00 bits per heavy atom. The lowest BCUT2D eigenvalue weighted by atomic mass is 9.98. The summed E-state index contributed by atoms with van der Waals surface area (Å²) in [5, 5.41) is 2.97. The van der Waals surface area contributed by atoms with Crippen LogP contribution < -0.4 is 24.0 Å². The molecule has 1 saturated heterocycles. The molecular weight excluding hydrogens is 526 g/mol. The van der Waals surface area contributed by atoms with Gasteiger partial charge in [-0.25, -0.2) is 8.42 Å². The number of hydrogen-bond acceptors (Lipinski definition) is 6. The minimum Gasteiger partial charge on any atom is -0.497 e. The molecule has 1 aliphatic rings. The molecule has 9 heteroatoms. The Kier molecular flexibility index (Phi) is 9.25. The van der Waals surface area contributed by atoms with Gasteiger partial charge in [-0.1, -0.05) is 36.8 Å². The van der Waals surface area contributed by atoms with E-state index >= 15 is 0 Å². The van der Waals surface area contributed by atoms with Crippen LogP contribution in [0, 0.1) is 12.8 Å². The van der Waals surface area contributed by atoms with Crippen molar-refractivity contribution in [1.82, 2.24) is 5.32 Å². The van der Waals surface area contributed by atoms with E-state index in [1.165, 1.54) is 44.9 Å². The number of nitrogens with one attached hydrogen (secondary N) is 1.